The maximum absolute atomic E-state index is 11.9. The van der Waals surface area contributed by atoms with Gasteiger partial charge in [0.05, 0.1) is 0 Å². The normalized spacial score (nSPS) is 51.6. The van der Waals surface area contributed by atoms with Crippen LogP contribution in [0.1, 0.15) is 78.1 Å². The number of allylic oxidation sites excluding steroid dienone is 1. The molecule has 6 atom stereocenters. The fourth-order valence-corrected chi connectivity index (χ4v) is 7.85. The molecule has 0 aromatic heterocycles. The third kappa shape index (κ3) is 1.93. The second kappa shape index (κ2) is 4.98. The molecular formula is C22H30O3. The van der Waals surface area contributed by atoms with Crippen LogP contribution in [0.2, 0.25) is 0 Å². The molecule has 4 fully saturated rings. The lowest BCUT2D eigenvalue weighted by Crippen LogP contribution is -2.54. The van der Waals surface area contributed by atoms with E-state index in [-0.39, 0.29) is 22.4 Å². The highest BCUT2D eigenvalue weighted by molar-refractivity contribution is 5.91. The summed E-state index contributed by atoms with van der Waals surface area (Å²) in [6.07, 6.45) is 12.3. The number of esters is 1. The van der Waals surface area contributed by atoms with E-state index in [0.717, 1.165) is 38.0 Å². The van der Waals surface area contributed by atoms with E-state index in [1.807, 2.05) is 6.08 Å². The predicted octanol–water partition coefficient (Wildman–Crippen LogP) is 4.59. The standard InChI is InChI=1S/C22H30O3/c1-20-9-5-15(23)13-14(20)3-4-16-17(20)6-10-21(2)18(16)7-11-22(21)12-8-19(24)25-22/h13,16-18H,3-12H2,1-2H3/t16-,17-,18+,20+,21+,22+/m0/s1. The first kappa shape index (κ1) is 16.1. The molecule has 5 aliphatic rings. The van der Waals surface area contributed by atoms with Crippen molar-refractivity contribution in [3.8, 4) is 0 Å². The van der Waals surface area contributed by atoms with Crippen molar-refractivity contribution in [3.63, 3.8) is 0 Å². The van der Waals surface area contributed by atoms with Crippen LogP contribution in [0.4, 0.5) is 0 Å². The smallest absolute Gasteiger partial charge is 0.306 e. The van der Waals surface area contributed by atoms with Crippen LogP contribution in [0.15, 0.2) is 11.6 Å². The Kier molecular flexibility index (Phi) is 3.21. The van der Waals surface area contributed by atoms with Gasteiger partial charge in [0.25, 0.3) is 0 Å². The Hall–Kier alpha value is -1.12. The molecule has 3 saturated carbocycles. The molecule has 4 aliphatic carbocycles. The maximum atomic E-state index is 11.9. The molecule has 1 aliphatic heterocycles. The Balaban J connectivity index is 1.49. The molecule has 1 spiro atoms. The zero-order valence-corrected chi connectivity index (χ0v) is 15.6. The van der Waals surface area contributed by atoms with Crippen molar-refractivity contribution in [2.45, 2.75) is 83.7 Å². The number of hydrogen-bond acceptors (Lipinski definition) is 3. The van der Waals surface area contributed by atoms with Gasteiger partial charge in [-0.25, -0.2) is 0 Å². The fourth-order valence-electron chi connectivity index (χ4n) is 7.85. The molecule has 0 aromatic carbocycles. The SMILES string of the molecule is C[C@@]12CCC(=O)C=C1CC[C@@H]1[C@H]3CC[C@@]4(CCC(=O)O4)[C@]3(C)CC[C@@H]12. The van der Waals surface area contributed by atoms with E-state index in [1.54, 1.807) is 0 Å². The number of hydrogen-bond donors (Lipinski definition) is 0. The van der Waals surface area contributed by atoms with Gasteiger partial charge in [-0.3, -0.25) is 9.59 Å². The Morgan fingerprint density at radius 3 is 2.48 bits per heavy atom. The fraction of sp³-hybridized carbons (Fsp3) is 0.818. The van der Waals surface area contributed by atoms with Crippen molar-refractivity contribution in [2.75, 3.05) is 0 Å². The number of fused-ring (bicyclic) bond motifs is 6. The lowest BCUT2D eigenvalue weighted by Gasteiger charge is -2.59. The summed E-state index contributed by atoms with van der Waals surface area (Å²) in [6.45, 7) is 4.86. The largest absolute Gasteiger partial charge is 0.458 e. The lowest BCUT2D eigenvalue weighted by molar-refractivity contribution is -0.168. The maximum Gasteiger partial charge on any atom is 0.306 e. The molecule has 25 heavy (non-hydrogen) atoms. The minimum absolute atomic E-state index is 0.0237. The number of ketones is 1. The molecule has 0 radical (unpaired) electrons. The average Bonchev–Trinajstić information content (AvgIpc) is 3.10. The van der Waals surface area contributed by atoms with Gasteiger partial charge in [-0.05, 0) is 80.6 Å². The quantitative estimate of drug-likeness (QED) is 0.605. The Labute approximate surface area is 150 Å². The van der Waals surface area contributed by atoms with Crippen molar-refractivity contribution < 1.29 is 14.3 Å². The zero-order chi connectivity index (χ0) is 17.4. The predicted molar refractivity (Wildman–Crippen MR) is 94.8 cm³/mol. The van der Waals surface area contributed by atoms with Gasteiger partial charge in [0, 0.05) is 18.3 Å². The minimum atomic E-state index is -0.167. The van der Waals surface area contributed by atoms with E-state index in [4.69, 9.17) is 4.74 Å². The highest BCUT2D eigenvalue weighted by atomic mass is 16.6. The van der Waals surface area contributed by atoms with Gasteiger partial charge in [-0.15, -0.1) is 0 Å². The van der Waals surface area contributed by atoms with Crippen LogP contribution in [0.25, 0.3) is 0 Å². The number of ether oxygens (including phenoxy) is 1. The summed E-state index contributed by atoms with van der Waals surface area (Å²) in [4.78, 5) is 23.8. The van der Waals surface area contributed by atoms with E-state index in [1.165, 1.54) is 31.3 Å². The molecule has 0 aromatic rings. The van der Waals surface area contributed by atoms with Gasteiger partial charge in [0.2, 0.25) is 0 Å². The van der Waals surface area contributed by atoms with Gasteiger partial charge >= 0.3 is 5.97 Å². The second-order valence-corrected chi connectivity index (χ2v) is 9.93. The summed E-state index contributed by atoms with van der Waals surface area (Å²) in [6, 6.07) is 0. The molecule has 1 saturated heterocycles. The number of carbonyl (C=O) groups excluding carboxylic acids is 2. The van der Waals surface area contributed by atoms with Gasteiger partial charge in [-0.1, -0.05) is 19.4 Å². The van der Waals surface area contributed by atoms with Crippen LogP contribution >= 0.6 is 0 Å². The first-order valence-electron chi connectivity index (χ1n) is 10.3. The zero-order valence-electron chi connectivity index (χ0n) is 15.6. The van der Waals surface area contributed by atoms with E-state index in [9.17, 15) is 9.59 Å². The van der Waals surface area contributed by atoms with E-state index < -0.39 is 0 Å². The third-order valence-electron chi connectivity index (χ3n) is 9.29. The molecule has 136 valence electrons. The molecular weight excluding hydrogens is 312 g/mol. The second-order valence-electron chi connectivity index (χ2n) is 9.93. The summed E-state index contributed by atoms with van der Waals surface area (Å²) in [5.41, 5.74) is 1.68. The summed E-state index contributed by atoms with van der Waals surface area (Å²) < 4.78 is 6.01. The third-order valence-corrected chi connectivity index (χ3v) is 9.29. The van der Waals surface area contributed by atoms with E-state index in [2.05, 4.69) is 13.8 Å². The molecule has 3 heteroatoms. The van der Waals surface area contributed by atoms with Crippen molar-refractivity contribution >= 4 is 11.8 Å². The Bertz CT molecular complexity index is 679. The van der Waals surface area contributed by atoms with Gasteiger partial charge < -0.3 is 4.74 Å². The van der Waals surface area contributed by atoms with E-state index >= 15 is 0 Å². The van der Waals surface area contributed by atoms with Crippen LogP contribution in [-0.2, 0) is 14.3 Å². The summed E-state index contributed by atoms with van der Waals surface area (Å²) >= 11 is 0. The molecule has 3 nitrogen and oxygen atoms in total. The lowest BCUT2D eigenvalue weighted by atomic mass is 9.46. The van der Waals surface area contributed by atoms with Crippen LogP contribution in [0.3, 0.4) is 0 Å². The Morgan fingerprint density at radius 2 is 1.72 bits per heavy atom. The van der Waals surface area contributed by atoms with Crippen LogP contribution in [-0.4, -0.2) is 17.4 Å². The monoisotopic (exact) mass is 342 g/mol. The topological polar surface area (TPSA) is 43.4 Å². The summed E-state index contributed by atoms with van der Waals surface area (Å²) in [5.74, 6) is 2.51. The van der Waals surface area contributed by atoms with E-state index in [0.29, 0.717) is 24.0 Å². The summed E-state index contributed by atoms with van der Waals surface area (Å²) in [5, 5.41) is 0. The van der Waals surface area contributed by atoms with Crippen molar-refractivity contribution in [2.24, 2.45) is 28.6 Å². The van der Waals surface area contributed by atoms with Crippen LogP contribution < -0.4 is 0 Å². The molecule has 1 heterocycles. The van der Waals surface area contributed by atoms with Gasteiger partial charge in [0.1, 0.15) is 5.60 Å². The van der Waals surface area contributed by atoms with Gasteiger partial charge in [0.15, 0.2) is 5.78 Å². The van der Waals surface area contributed by atoms with Crippen LogP contribution in [0, 0.1) is 28.6 Å². The van der Waals surface area contributed by atoms with Crippen molar-refractivity contribution in [1.82, 2.24) is 0 Å². The minimum Gasteiger partial charge on any atom is -0.458 e. The number of carbonyl (C=O) groups is 2. The van der Waals surface area contributed by atoms with Crippen molar-refractivity contribution in [3.05, 3.63) is 11.6 Å². The highest BCUT2D eigenvalue weighted by Crippen LogP contribution is 2.69. The first-order chi connectivity index (χ1) is 11.9. The molecule has 0 amide bonds. The molecule has 0 unspecified atom stereocenters. The van der Waals surface area contributed by atoms with Gasteiger partial charge in [-0.2, -0.15) is 0 Å². The highest BCUT2D eigenvalue weighted by Gasteiger charge is 2.66. The molecule has 0 N–H and O–H groups in total. The van der Waals surface area contributed by atoms with Crippen molar-refractivity contribution in [1.29, 1.82) is 0 Å². The summed E-state index contributed by atoms with van der Waals surface area (Å²) in [7, 11) is 0. The van der Waals surface area contributed by atoms with Crippen LogP contribution in [0.5, 0.6) is 0 Å². The average molecular weight is 342 g/mol. The molecule has 0 bridgehead atoms. The molecule has 5 rings (SSSR count). The number of rotatable bonds is 0. The first-order valence-corrected chi connectivity index (χ1v) is 10.3. The Morgan fingerprint density at radius 1 is 0.920 bits per heavy atom.